The van der Waals surface area contributed by atoms with Gasteiger partial charge in [-0.2, -0.15) is 0 Å². The van der Waals surface area contributed by atoms with Crippen LogP contribution in [-0.2, 0) is 0 Å². The van der Waals surface area contributed by atoms with Crippen molar-refractivity contribution in [1.82, 2.24) is 5.32 Å². The molecule has 74 valence electrons. The second-order valence-corrected chi connectivity index (χ2v) is 2.78. The minimum Gasteiger partial charge on any atom is -0.319 e. The standard InChI is InChI=1S/C11H11F2N/c1-14-7-3-2-4-9-8-10(12)5-6-11(9)13/h5-6,8,14H,3,7H2,1H3. The number of benzene rings is 1. The van der Waals surface area contributed by atoms with E-state index < -0.39 is 11.6 Å². The molecular formula is C11H11F2N. The lowest BCUT2D eigenvalue weighted by Crippen LogP contribution is -2.05. The van der Waals surface area contributed by atoms with E-state index in [1.54, 1.807) is 0 Å². The summed E-state index contributed by atoms with van der Waals surface area (Å²) < 4.78 is 25.7. The summed E-state index contributed by atoms with van der Waals surface area (Å²) in [7, 11) is 1.81. The highest BCUT2D eigenvalue weighted by molar-refractivity contribution is 5.35. The molecule has 14 heavy (non-hydrogen) atoms. The molecule has 0 atom stereocenters. The average Bonchev–Trinajstić information content (AvgIpc) is 2.18. The Hall–Kier alpha value is -1.40. The van der Waals surface area contributed by atoms with Gasteiger partial charge < -0.3 is 5.32 Å². The predicted octanol–water partition coefficient (Wildman–Crippen LogP) is 1.93. The van der Waals surface area contributed by atoms with Crippen molar-refractivity contribution in [2.75, 3.05) is 13.6 Å². The van der Waals surface area contributed by atoms with Gasteiger partial charge in [-0.25, -0.2) is 8.78 Å². The van der Waals surface area contributed by atoms with E-state index >= 15 is 0 Å². The first-order chi connectivity index (χ1) is 6.74. The fourth-order valence-electron chi connectivity index (χ4n) is 0.939. The number of hydrogen-bond acceptors (Lipinski definition) is 1. The van der Waals surface area contributed by atoms with Crippen molar-refractivity contribution in [2.24, 2.45) is 0 Å². The third kappa shape index (κ3) is 3.15. The third-order valence-corrected chi connectivity index (χ3v) is 1.65. The van der Waals surface area contributed by atoms with Crippen molar-refractivity contribution in [3.05, 3.63) is 35.4 Å². The van der Waals surface area contributed by atoms with Crippen molar-refractivity contribution in [3.63, 3.8) is 0 Å². The van der Waals surface area contributed by atoms with Gasteiger partial charge in [0.25, 0.3) is 0 Å². The number of hydrogen-bond donors (Lipinski definition) is 1. The maximum atomic E-state index is 13.0. The highest BCUT2D eigenvalue weighted by atomic mass is 19.1. The molecule has 0 saturated carbocycles. The molecular weight excluding hydrogens is 184 g/mol. The maximum Gasteiger partial charge on any atom is 0.139 e. The Bertz CT molecular complexity index is 363. The average molecular weight is 195 g/mol. The van der Waals surface area contributed by atoms with Gasteiger partial charge in [0.2, 0.25) is 0 Å². The fraction of sp³-hybridized carbons (Fsp3) is 0.273. The second kappa shape index (κ2) is 5.36. The van der Waals surface area contributed by atoms with Crippen LogP contribution in [0.3, 0.4) is 0 Å². The number of nitrogens with one attached hydrogen (secondary N) is 1. The van der Waals surface area contributed by atoms with Gasteiger partial charge in [-0.3, -0.25) is 0 Å². The van der Waals surface area contributed by atoms with Gasteiger partial charge in [0.1, 0.15) is 11.6 Å². The Labute approximate surface area is 82.1 Å². The van der Waals surface area contributed by atoms with Crippen LogP contribution in [0.25, 0.3) is 0 Å². The predicted molar refractivity (Wildman–Crippen MR) is 51.8 cm³/mol. The van der Waals surface area contributed by atoms with Crippen LogP contribution in [0.2, 0.25) is 0 Å². The van der Waals surface area contributed by atoms with E-state index in [9.17, 15) is 8.78 Å². The lowest BCUT2D eigenvalue weighted by Gasteiger charge is -1.93. The van der Waals surface area contributed by atoms with Crippen LogP contribution < -0.4 is 5.32 Å². The first-order valence-corrected chi connectivity index (χ1v) is 4.32. The highest BCUT2D eigenvalue weighted by Crippen LogP contribution is 2.07. The van der Waals surface area contributed by atoms with Gasteiger partial charge in [0, 0.05) is 13.0 Å². The van der Waals surface area contributed by atoms with Crippen LogP contribution in [0.1, 0.15) is 12.0 Å². The van der Waals surface area contributed by atoms with E-state index in [2.05, 4.69) is 17.2 Å². The molecule has 1 rings (SSSR count). The molecule has 0 bridgehead atoms. The van der Waals surface area contributed by atoms with E-state index in [-0.39, 0.29) is 5.56 Å². The van der Waals surface area contributed by atoms with E-state index in [4.69, 9.17) is 0 Å². The molecule has 0 aliphatic rings. The zero-order valence-corrected chi connectivity index (χ0v) is 7.90. The summed E-state index contributed by atoms with van der Waals surface area (Å²) in [6.07, 6.45) is 0.618. The molecule has 0 heterocycles. The van der Waals surface area contributed by atoms with Crippen molar-refractivity contribution in [1.29, 1.82) is 0 Å². The van der Waals surface area contributed by atoms with Crippen LogP contribution in [0.5, 0.6) is 0 Å². The summed E-state index contributed by atoms with van der Waals surface area (Å²) in [5.41, 5.74) is 0.112. The molecule has 1 nitrogen and oxygen atoms in total. The zero-order valence-electron chi connectivity index (χ0n) is 7.90. The quantitative estimate of drug-likeness (QED) is 0.561. The first-order valence-electron chi connectivity index (χ1n) is 4.32. The zero-order chi connectivity index (χ0) is 10.4. The molecule has 0 amide bonds. The number of rotatable bonds is 2. The summed E-state index contributed by atoms with van der Waals surface area (Å²) in [6.45, 7) is 0.740. The summed E-state index contributed by atoms with van der Waals surface area (Å²) in [5.74, 6) is 4.38. The topological polar surface area (TPSA) is 12.0 Å². The summed E-state index contributed by atoms with van der Waals surface area (Å²) >= 11 is 0. The molecule has 0 radical (unpaired) electrons. The Morgan fingerprint density at radius 3 is 2.86 bits per heavy atom. The van der Waals surface area contributed by atoms with Crippen LogP contribution >= 0.6 is 0 Å². The van der Waals surface area contributed by atoms with Gasteiger partial charge in [-0.1, -0.05) is 11.8 Å². The Balaban J connectivity index is 2.73. The van der Waals surface area contributed by atoms with E-state index in [1.807, 2.05) is 7.05 Å². The first kappa shape index (κ1) is 10.7. The molecule has 0 aromatic heterocycles. The third-order valence-electron chi connectivity index (χ3n) is 1.65. The van der Waals surface area contributed by atoms with Crippen molar-refractivity contribution in [3.8, 4) is 11.8 Å². The van der Waals surface area contributed by atoms with Crippen molar-refractivity contribution < 1.29 is 8.78 Å². The summed E-state index contributed by atoms with van der Waals surface area (Å²) in [5, 5.41) is 2.91. The van der Waals surface area contributed by atoms with Crippen molar-refractivity contribution in [2.45, 2.75) is 6.42 Å². The molecule has 1 aromatic rings. The van der Waals surface area contributed by atoms with Gasteiger partial charge in [0.15, 0.2) is 0 Å². The van der Waals surface area contributed by atoms with Gasteiger partial charge in [-0.05, 0) is 25.2 Å². The van der Waals surface area contributed by atoms with E-state index in [1.165, 1.54) is 0 Å². The Kier molecular flexibility index (Phi) is 4.09. The van der Waals surface area contributed by atoms with Gasteiger partial charge in [-0.15, -0.1) is 0 Å². The minimum atomic E-state index is -0.483. The van der Waals surface area contributed by atoms with Crippen LogP contribution in [0.15, 0.2) is 18.2 Å². The molecule has 1 aromatic carbocycles. The second-order valence-electron chi connectivity index (χ2n) is 2.78. The molecule has 0 aliphatic carbocycles. The van der Waals surface area contributed by atoms with Gasteiger partial charge in [0.05, 0.1) is 5.56 Å². The SMILES string of the molecule is CNCCC#Cc1cc(F)ccc1F. The molecule has 1 N–H and O–H groups in total. The monoisotopic (exact) mass is 195 g/mol. The fourth-order valence-corrected chi connectivity index (χ4v) is 0.939. The summed E-state index contributed by atoms with van der Waals surface area (Å²) in [4.78, 5) is 0. The minimum absolute atomic E-state index is 0.112. The lowest BCUT2D eigenvalue weighted by molar-refractivity contribution is 0.597. The molecule has 0 fully saturated rings. The van der Waals surface area contributed by atoms with Crippen LogP contribution in [0.4, 0.5) is 8.78 Å². The van der Waals surface area contributed by atoms with E-state index in [0.29, 0.717) is 6.42 Å². The van der Waals surface area contributed by atoms with E-state index in [0.717, 1.165) is 24.7 Å². The molecule has 0 saturated heterocycles. The maximum absolute atomic E-state index is 13.0. The van der Waals surface area contributed by atoms with Crippen LogP contribution in [0, 0.1) is 23.5 Å². The largest absolute Gasteiger partial charge is 0.319 e. The summed E-state index contributed by atoms with van der Waals surface area (Å²) in [6, 6.07) is 3.26. The molecule has 0 aliphatic heterocycles. The number of halogens is 2. The highest BCUT2D eigenvalue weighted by Gasteiger charge is 1.99. The molecule has 0 unspecified atom stereocenters. The molecule has 3 heteroatoms. The molecule has 0 spiro atoms. The normalized spacial score (nSPS) is 9.36. The lowest BCUT2D eigenvalue weighted by atomic mass is 10.2. The van der Waals surface area contributed by atoms with Crippen molar-refractivity contribution >= 4 is 0 Å². The van der Waals surface area contributed by atoms with Crippen LogP contribution in [-0.4, -0.2) is 13.6 Å². The smallest absolute Gasteiger partial charge is 0.139 e. The van der Waals surface area contributed by atoms with Gasteiger partial charge >= 0.3 is 0 Å². The Morgan fingerprint density at radius 1 is 1.36 bits per heavy atom. The Morgan fingerprint density at radius 2 is 2.14 bits per heavy atom.